The average Bonchev–Trinajstić information content (AvgIpc) is 2.90. The van der Waals surface area contributed by atoms with Crippen LogP contribution in [-0.4, -0.2) is 38.5 Å². The van der Waals surface area contributed by atoms with Gasteiger partial charge in [0.05, 0.1) is 32.5 Å². The predicted molar refractivity (Wildman–Crippen MR) is 157 cm³/mol. The zero-order valence-electron chi connectivity index (χ0n) is 25.0. The van der Waals surface area contributed by atoms with Gasteiger partial charge in [-0.25, -0.2) is 4.39 Å². The molecule has 6 nitrogen and oxygen atoms in total. The highest BCUT2D eigenvalue weighted by Gasteiger charge is 2.34. The van der Waals surface area contributed by atoms with Crippen LogP contribution in [0.4, 0.5) is 4.39 Å². The summed E-state index contributed by atoms with van der Waals surface area (Å²) in [6, 6.07) is 14.9. The van der Waals surface area contributed by atoms with Crippen molar-refractivity contribution in [3.05, 3.63) is 76.6 Å². The van der Waals surface area contributed by atoms with Crippen molar-refractivity contribution in [2.24, 2.45) is 5.41 Å². The summed E-state index contributed by atoms with van der Waals surface area (Å²) >= 11 is 0. The molecular formula is C34H41FO6. The lowest BCUT2D eigenvalue weighted by Gasteiger charge is -2.37. The average molecular weight is 565 g/mol. The molecule has 0 aromatic heterocycles. The molecule has 4 rings (SSSR count). The normalized spacial score (nSPS) is 14.0. The first-order valence-electron chi connectivity index (χ1n) is 14.3. The van der Waals surface area contributed by atoms with Crippen molar-refractivity contribution in [1.29, 1.82) is 0 Å². The summed E-state index contributed by atoms with van der Waals surface area (Å²) in [6.07, 6.45) is 0.426. The summed E-state index contributed by atoms with van der Waals surface area (Å²) in [5.74, 6) is 1.32. The van der Waals surface area contributed by atoms with E-state index in [2.05, 4.69) is 39.0 Å². The number of carbonyl (C=O) groups excluding carboxylic acids is 1. The summed E-state index contributed by atoms with van der Waals surface area (Å²) in [4.78, 5) is 11.6. The first-order chi connectivity index (χ1) is 19.6. The van der Waals surface area contributed by atoms with E-state index in [0.717, 1.165) is 52.5 Å². The van der Waals surface area contributed by atoms with Crippen LogP contribution in [0.25, 0.3) is 11.1 Å². The Kier molecular flexibility index (Phi) is 9.92. The number of aryl methyl sites for hydroxylation is 3. The van der Waals surface area contributed by atoms with Crippen molar-refractivity contribution in [3.63, 3.8) is 0 Å². The van der Waals surface area contributed by atoms with E-state index < -0.39 is 5.82 Å². The first kappa shape index (κ1) is 30.4. The molecule has 0 saturated carbocycles. The molecule has 0 unspecified atom stereocenters. The number of benzene rings is 3. The van der Waals surface area contributed by atoms with Gasteiger partial charge in [0.2, 0.25) is 0 Å². The second kappa shape index (κ2) is 13.4. The summed E-state index contributed by atoms with van der Waals surface area (Å²) in [5, 5.41) is 0. The van der Waals surface area contributed by atoms with Crippen molar-refractivity contribution in [2.75, 3.05) is 26.4 Å². The molecule has 0 bridgehead atoms. The van der Waals surface area contributed by atoms with Crippen LogP contribution in [0.5, 0.6) is 17.2 Å². The molecule has 0 spiro atoms. The topological polar surface area (TPSA) is 63.2 Å². The van der Waals surface area contributed by atoms with Gasteiger partial charge in [0.1, 0.15) is 29.7 Å². The summed E-state index contributed by atoms with van der Waals surface area (Å²) in [5.41, 5.74) is 5.69. The Morgan fingerprint density at radius 1 is 1.00 bits per heavy atom. The van der Waals surface area contributed by atoms with Crippen LogP contribution in [0.1, 0.15) is 56.4 Å². The number of carbonyl (C=O) groups is 1. The molecule has 1 aliphatic heterocycles. The van der Waals surface area contributed by atoms with Gasteiger partial charge in [0, 0.05) is 23.5 Å². The molecule has 0 radical (unpaired) electrons. The quantitative estimate of drug-likeness (QED) is 0.202. The minimum atomic E-state index is -0.402. The van der Waals surface area contributed by atoms with Crippen molar-refractivity contribution < 1.29 is 32.9 Å². The molecule has 3 aromatic carbocycles. The number of rotatable bonds is 13. The highest BCUT2D eigenvalue weighted by molar-refractivity contribution is 5.77. The van der Waals surface area contributed by atoms with Crippen LogP contribution >= 0.6 is 0 Å². The smallest absolute Gasteiger partial charge is 0.306 e. The standard InChI is InChI=1S/C34H41FO6/c1-7-38-32(36)13-10-26-9-11-27(17-30(26)35)39-18-25-8-12-31(41-22(2)3)29(16-25)33-23(4)14-28(15-24(33)5)40-21-34(6)19-37-20-34/h8-9,11-12,14-17,22H,7,10,13,18-21H2,1-6H3. The van der Waals surface area contributed by atoms with E-state index in [-0.39, 0.29) is 36.9 Å². The molecule has 0 aliphatic carbocycles. The Morgan fingerprint density at radius 2 is 1.73 bits per heavy atom. The summed E-state index contributed by atoms with van der Waals surface area (Å²) in [7, 11) is 0. The Morgan fingerprint density at radius 3 is 2.34 bits per heavy atom. The second-order valence-corrected chi connectivity index (χ2v) is 11.4. The zero-order chi connectivity index (χ0) is 29.6. The first-order valence-corrected chi connectivity index (χ1v) is 14.3. The molecule has 41 heavy (non-hydrogen) atoms. The fourth-order valence-electron chi connectivity index (χ4n) is 4.90. The van der Waals surface area contributed by atoms with Crippen LogP contribution in [0, 0.1) is 25.1 Å². The fourth-order valence-corrected chi connectivity index (χ4v) is 4.90. The van der Waals surface area contributed by atoms with Gasteiger partial charge in [-0.05, 0) is 99.2 Å². The van der Waals surface area contributed by atoms with Crippen molar-refractivity contribution in [2.45, 2.75) is 67.1 Å². The largest absolute Gasteiger partial charge is 0.493 e. The number of hydrogen-bond donors (Lipinski definition) is 0. The van der Waals surface area contributed by atoms with Gasteiger partial charge in [-0.1, -0.05) is 19.1 Å². The van der Waals surface area contributed by atoms with E-state index in [4.69, 9.17) is 23.7 Å². The predicted octanol–water partition coefficient (Wildman–Crippen LogP) is 7.39. The third-order valence-corrected chi connectivity index (χ3v) is 7.00. The molecule has 1 saturated heterocycles. The lowest BCUT2D eigenvalue weighted by atomic mass is 9.90. The molecule has 1 heterocycles. The van der Waals surface area contributed by atoms with E-state index in [1.165, 1.54) is 6.07 Å². The Bertz CT molecular complexity index is 1340. The maximum absolute atomic E-state index is 14.7. The zero-order valence-corrected chi connectivity index (χ0v) is 25.0. The van der Waals surface area contributed by atoms with E-state index in [1.807, 2.05) is 26.0 Å². The SMILES string of the molecule is CCOC(=O)CCc1ccc(OCc2ccc(OC(C)C)c(-c3c(C)cc(OCC4(C)COC4)cc3C)c2)cc1F. The fraction of sp³-hybridized carbons (Fsp3) is 0.441. The monoisotopic (exact) mass is 564 g/mol. The van der Waals surface area contributed by atoms with Gasteiger partial charge >= 0.3 is 5.97 Å². The van der Waals surface area contributed by atoms with Gasteiger partial charge in [-0.3, -0.25) is 4.79 Å². The van der Waals surface area contributed by atoms with Gasteiger partial charge in [-0.15, -0.1) is 0 Å². The van der Waals surface area contributed by atoms with Crippen LogP contribution in [-0.2, 0) is 27.3 Å². The number of esters is 1. The number of halogens is 1. The number of hydrogen-bond acceptors (Lipinski definition) is 6. The Balaban J connectivity index is 1.51. The molecule has 1 fully saturated rings. The van der Waals surface area contributed by atoms with Crippen LogP contribution < -0.4 is 14.2 Å². The van der Waals surface area contributed by atoms with Crippen molar-refractivity contribution >= 4 is 5.97 Å². The van der Waals surface area contributed by atoms with Gasteiger partial charge in [0.15, 0.2) is 0 Å². The van der Waals surface area contributed by atoms with E-state index in [9.17, 15) is 9.18 Å². The third kappa shape index (κ3) is 8.00. The molecular weight excluding hydrogens is 523 g/mol. The maximum atomic E-state index is 14.7. The van der Waals surface area contributed by atoms with Gasteiger partial charge in [0.25, 0.3) is 0 Å². The molecule has 1 aliphatic rings. The molecule has 3 aromatic rings. The summed E-state index contributed by atoms with van der Waals surface area (Å²) < 4.78 is 43.2. The maximum Gasteiger partial charge on any atom is 0.306 e. The van der Waals surface area contributed by atoms with Crippen molar-refractivity contribution in [1.82, 2.24) is 0 Å². The lowest BCUT2D eigenvalue weighted by molar-refractivity contribution is -0.143. The van der Waals surface area contributed by atoms with Crippen LogP contribution in [0.2, 0.25) is 0 Å². The third-order valence-electron chi connectivity index (χ3n) is 7.00. The van der Waals surface area contributed by atoms with Crippen LogP contribution in [0.15, 0.2) is 48.5 Å². The molecule has 0 atom stereocenters. The van der Waals surface area contributed by atoms with Crippen molar-refractivity contribution in [3.8, 4) is 28.4 Å². The second-order valence-electron chi connectivity index (χ2n) is 11.4. The molecule has 0 N–H and O–H groups in total. The van der Waals surface area contributed by atoms with E-state index in [1.54, 1.807) is 19.1 Å². The van der Waals surface area contributed by atoms with E-state index in [0.29, 0.717) is 24.5 Å². The Labute approximate surface area is 242 Å². The highest BCUT2D eigenvalue weighted by Crippen LogP contribution is 2.39. The van der Waals surface area contributed by atoms with Gasteiger partial charge in [-0.2, -0.15) is 0 Å². The van der Waals surface area contributed by atoms with Gasteiger partial charge < -0.3 is 23.7 Å². The van der Waals surface area contributed by atoms with Crippen LogP contribution in [0.3, 0.4) is 0 Å². The minimum Gasteiger partial charge on any atom is -0.493 e. The number of ether oxygens (including phenoxy) is 5. The summed E-state index contributed by atoms with van der Waals surface area (Å²) in [6.45, 7) is 14.7. The highest BCUT2D eigenvalue weighted by atomic mass is 19.1. The minimum absolute atomic E-state index is 0.00910. The Hall–Kier alpha value is -3.58. The molecule has 0 amide bonds. The van der Waals surface area contributed by atoms with E-state index >= 15 is 0 Å². The lowest BCUT2D eigenvalue weighted by Crippen LogP contribution is -2.44. The molecule has 220 valence electrons. The molecule has 7 heteroatoms.